The molecule has 14 heavy (non-hydrogen) atoms. The fourth-order valence-electron chi connectivity index (χ4n) is 1.31. The van der Waals surface area contributed by atoms with Crippen molar-refractivity contribution in [2.75, 3.05) is 0 Å². The first-order valence-corrected chi connectivity index (χ1v) is 4.11. The predicted octanol–water partition coefficient (Wildman–Crippen LogP) is 1.31. The molecule has 2 rings (SSSR count). The van der Waals surface area contributed by atoms with Gasteiger partial charge in [-0.25, -0.2) is 0 Å². The Bertz CT molecular complexity index is 467. The Morgan fingerprint density at radius 1 is 1.21 bits per heavy atom. The van der Waals surface area contributed by atoms with Crippen LogP contribution in [0.15, 0.2) is 28.8 Å². The van der Waals surface area contributed by atoms with Crippen LogP contribution >= 0.6 is 0 Å². The monoisotopic (exact) mass is 189 g/mol. The van der Waals surface area contributed by atoms with E-state index < -0.39 is 5.92 Å². The molecule has 1 heterocycles. The molecule has 0 saturated heterocycles. The predicted molar refractivity (Wildman–Crippen MR) is 48.9 cm³/mol. The molecule has 0 spiro atoms. The maximum atomic E-state index is 10.6. The van der Waals surface area contributed by atoms with E-state index >= 15 is 0 Å². The van der Waals surface area contributed by atoms with E-state index in [9.17, 15) is 9.59 Å². The van der Waals surface area contributed by atoms with Gasteiger partial charge in [0, 0.05) is 5.39 Å². The fraction of sp³-hybridized carbons (Fsp3) is 0.100. The summed E-state index contributed by atoms with van der Waals surface area (Å²) >= 11 is 0. The zero-order chi connectivity index (χ0) is 9.97. The summed E-state index contributed by atoms with van der Waals surface area (Å²) in [6, 6.07) is 7.10. The first-order valence-electron chi connectivity index (χ1n) is 4.11. The van der Waals surface area contributed by atoms with Crippen LogP contribution in [-0.4, -0.2) is 17.7 Å². The van der Waals surface area contributed by atoms with Gasteiger partial charge in [-0.1, -0.05) is 17.3 Å². The van der Waals surface area contributed by atoms with Gasteiger partial charge in [0.25, 0.3) is 0 Å². The van der Waals surface area contributed by atoms with Crippen LogP contribution < -0.4 is 0 Å². The van der Waals surface area contributed by atoms with E-state index in [1.807, 2.05) is 0 Å². The molecular weight excluding hydrogens is 182 g/mol. The third-order valence-corrected chi connectivity index (χ3v) is 2.01. The topological polar surface area (TPSA) is 60.2 Å². The summed E-state index contributed by atoms with van der Waals surface area (Å²) in [5, 5.41) is 4.41. The summed E-state index contributed by atoms with van der Waals surface area (Å²) in [6.07, 6.45) is 1.11. The number of carbonyl (C=O) groups excluding carboxylic acids is 2. The van der Waals surface area contributed by atoms with Crippen LogP contribution in [0.1, 0.15) is 11.6 Å². The maximum Gasteiger partial charge on any atom is 0.167 e. The van der Waals surface area contributed by atoms with Crippen molar-refractivity contribution in [1.29, 1.82) is 0 Å². The lowest BCUT2D eigenvalue weighted by Crippen LogP contribution is -2.01. The van der Waals surface area contributed by atoms with Crippen LogP contribution in [0.5, 0.6) is 0 Å². The van der Waals surface area contributed by atoms with Gasteiger partial charge >= 0.3 is 0 Å². The summed E-state index contributed by atoms with van der Waals surface area (Å²) in [6.45, 7) is 0. The third-order valence-electron chi connectivity index (χ3n) is 2.01. The lowest BCUT2D eigenvalue weighted by atomic mass is 10.1. The average molecular weight is 189 g/mol. The van der Waals surface area contributed by atoms with E-state index in [-0.39, 0.29) is 0 Å². The lowest BCUT2D eigenvalue weighted by molar-refractivity contribution is -0.116. The molecule has 0 N–H and O–H groups in total. The molecule has 0 fully saturated rings. The Kier molecular flexibility index (Phi) is 2.10. The van der Waals surface area contributed by atoms with Gasteiger partial charge in [0.05, 0.1) is 0 Å². The molecule has 4 nitrogen and oxygen atoms in total. The Morgan fingerprint density at radius 2 is 1.93 bits per heavy atom. The van der Waals surface area contributed by atoms with Gasteiger partial charge in [-0.2, -0.15) is 0 Å². The van der Waals surface area contributed by atoms with Crippen molar-refractivity contribution in [2.45, 2.75) is 5.92 Å². The molecule has 0 amide bonds. The molecule has 2 aromatic rings. The molecule has 0 aliphatic carbocycles. The smallest absolute Gasteiger partial charge is 0.167 e. The minimum atomic E-state index is -0.835. The third kappa shape index (κ3) is 1.21. The van der Waals surface area contributed by atoms with E-state index in [0.29, 0.717) is 29.2 Å². The number of hydrogen-bond donors (Lipinski definition) is 0. The zero-order valence-electron chi connectivity index (χ0n) is 7.21. The van der Waals surface area contributed by atoms with Crippen LogP contribution in [0.2, 0.25) is 0 Å². The average Bonchev–Trinajstić information content (AvgIpc) is 2.65. The van der Waals surface area contributed by atoms with Gasteiger partial charge < -0.3 is 14.1 Å². The number of para-hydroxylation sites is 1. The second-order valence-electron chi connectivity index (χ2n) is 2.86. The fourth-order valence-corrected chi connectivity index (χ4v) is 1.31. The van der Waals surface area contributed by atoms with Gasteiger partial charge in [0.2, 0.25) is 0 Å². The number of nitrogens with zero attached hydrogens (tertiary/aromatic N) is 1. The number of fused-ring (bicyclic) bond motifs is 1. The van der Waals surface area contributed by atoms with E-state index in [1.54, 1.807) is 24.3 Å². The standard InChI is InChI=1S/C10H7NO3/c12-5-7(6-13)10-8-3-1-2-4-9(8)14-11-10/h1-7H. The van der Waals surface area contributed by atoms with Crippen LogP contribution in [0.25, 0.3) is 11.0 Å². The summed E-state index contributed by atoms with van der Waals surface area (Å²) in [5.41, 5.74) is 0.960. The largest absolute Gasteiger partial charge is 0.356 e. The summed E-state index contributed by atoms with van der Waals surface area (Å²) < 4.78 is 4.97. The molecule has 0 saturated carbocycles. The molecule has 0 unspecified atom stereocenters. The van der Waals surface area contributed by atoms with Crippen LogP contribution in [0, 0.1) is 0 Å². The van der Waals surface area contributed by atoms with Crippen molar-refractivity contribution < 1.29 is 14.1 Å². The van der Waals surface area contributed by atoms with Gasteiger partial charge in [0.15, 0.2) is 5.58 Å². The second kappa shape index (κ2) is 3.41. The van der Waals surface area contributed by atoms with E-state index in [0.717, 1.165) is 0 Å². The first-order chi connectivity index (χ1) is 6.86. The molecule has 1 aromatic heterocycles. The molecule has 0 aliphatic rings. The Hall–Kier alpha value is -1.97. The van der Waals surface area contributed by atoms with Crippen molar-refractivity contribution in [3.8, 4) is 0 Å². The number of benzene rings is 1. The van der Waals surface area contributed by atoms with Gasteiger partial charge in [-0.05, 0) is 12.1 Å². The van der Waals surface area contributed by atoms with Crippen molar-refractivity contribution in [1.82, 2.24) is 5.16 Å². The number of aromatic nitrogens is 1. The quantitative estimate of drug-likeness (QED) is 0.539. The van der Waals surface area contributed by atoms with Crippen LogP contribution in [0.4, 0.5) is 0 Å². The minimum absolute atomic E-state index is 0.380. The Labute approximate surface area is 79.5 Å². The van der Waals surface area contributed by atoms with E-state index in [2.05, 4.69) is 5.16 Å². The molecule has 1 aromatic carbocycles. The van der Waals surface area contributed by atoms with E-state index in [1.165, 1.54) is 0 Å². The minimum Gasteiger partial charge on any atom is -0.356 e. The number of rotatable bonds is 3. The molecule has 4 heteroatoms. The normalized spacial score (nSPS) is 10.6. The van der Waals surface area contributed by atoms with Crippen LogP contribution in [-0.2, 0) is 9.59 Å². The number of carbonyl (C=O) groups is 2. The first kappa shape index (κ1) is 8.62. The van der Waals surface area contributed by atoms with Crippen molar-refractivity contribution in [3.05, 3.63) is 30.0 Å². The van der Waals surface area contributed by atoms with Gasteiger partial charge in [-0.3, -0.25) is 0 Å². The molecular formula is C10H7NO3. The summed E-state index contributed by atoms with van der Waals surface area (Å²) in [7, 11) is 0. The van der Waals surface area contributed by atoms with Crippen molar-refractivity contribution in [3.63, 3.8) is 0 Å². The van der Waals surface area contributed by atoms with Gasteiger partial charge in [0.1, 0.15) is 24.2 Å². The highest BCUT2D eigenvalue weighted by atomic mass is 16.5. The Morgan fingerprint density at radius 3 is 2.64 bits per heavy atom. The van der Waals surface area contributed by atoms with Crippen LogP contribution in [0.3, 0.4) is 0 Å². The zero-order valence-corrected chi connectivity index (χ0v) is 7.21. The molecule has 0 atom stereocenters. The van der Waals surface area contributed by atoms with Crippen molar-refractivity contribution in [2.24, 2.45) is 0 Å². The molecule has 0 bridgehead atoms. The maximum absolute atomic E-state index is 10.6. The highest BCUT2D eigenvalue weighted by Gasteiger charge is 2.17. The highest BCUT2D eigenvalue weighted by molar-refractivity contribution is 5.91. The number of aldehydes is 2. The molecule has 0 aliphatic heterocycles. The lowest BCUT2D eigenvalue weighted by Gasteiger charge is -1.94. The summed E-state index contributed by atoms with van der Waals surface area (Å²) in [5.74, 6) is -0.835. The highest BCUT2D eigenvalue weighted by Crippen LogP contribution is 2.22. The molecule has 70 valence electrons. The summed E-state index contributed by atoms with van der Waals surface area (Å²) in [4.78, 5) is 21.1. The van der Waals surface area contributed by atoms with Crippen molar-refractivity contribution >= 4 is 23.5 Å². The number of hydrogen-bond acceptors (Lipinski definition) is 4. The SMILES string of the molecule is O=CC(C=O)c1noc2ccccc12. The van der Waals surface area contributed by atoms with E-state index in [4.69, 9.17) is 4.52 Å². The Balaban J connectivity index is 2.62. The second-order valence-corrected chi connectivity index (χ2v) is 2.86. The molecule has 0 radical (unpaired) electrons. The van der Waals surface area contributed by atoms with Gasteiger partial charge in [-0.15, -0.1) is 0 Å².